The van der Waals surface area contributed by atoms with Gasteiger partial charge in [0.15, 0.2) is 0 Å². The maximum Gasteiger partial charge on any atom is 0.0271 e. The van der Waals surface area contributed by atoms with E-state index in [0.717, 1.165) is 19.6 Å². The van der Waals surface area contributed by atoms with Gasteiger partial charge in [0, 0.05) is 58.2 Å². The van der Waals surface area contributed by atoms with Crippen LogP contribution in [0.5, 0.6) is 0 Å². The van der Waals surface area contributed by atoms with E-state index in [0.29, 0.717) is 0 Å². The molecule has 2 rings (SSSR count). The average molecular weight is 248 g/mol. The van der Waals surface area contributed by atoms with E-state index in [1.807, 2.05) is 12.4 Å². The number of nitrogens with one attached hydrogen (secondary N) is 1. The molecule has 4 nitrogen and oxygen atoms in total. The van der Waals surface area contributed by atoms with E-state index in [4.69, 9.17) is 0 Å². The van der Waals surface area contributed by atoms with Crippen LogP contribution in [0.2, 0.25) is 0 Å². The van der Waals surface area contributed by atoms with Gasteiger partial charge in [-0.25, -0.2) is 0 Å². The van der Waals surface area contributed by atoms with Crippen LogP contribution in [0.15, 0.2) is 24.5 Å². The van der Waals surface area contributed by atoms with Crippen molar-refractivity contribution in [3.05, 3.63) is 30.1 Å². The van der Waals surface area contributed by atoms with Gasteiger partial charge in [-0.15, -0.1) is 0 Å². The fourth-order valence-electron chi connectivity index (χ4n) is 2.30. The molecule has 1 aliphatic rings. The topological polar surface area (TPSA) is 31.4 Å². The van der Waals surface area contributed by atoms with E-state index in [9.17, 15) is 0 Å². The van der Waals surface area contributed by atoms with Crippen molar-refractivity contribution in [3.8, 4) is 0 Å². The van der Waals surface area contributed by atoms with Crippen molar-refractivity contribution in [2.75, 3.05) is 45.8 Å². The Morgan fingerprint density at radius 1 is 1.11 bits per heavy atom. The van der Waals surface area contributed by atoms with E-state index in [1.54, 1.807) is 0 Å². The first kappa shape index (κ1) is 13.5. The number of rotatable bonds is 6. The molecule has 0 aromatic carbocycles. The quantitative estimate of drug-likeness (QED) is 0.755. The molecule has 0 saturated carbocycles. The number of hydrogen-bond donors (Lipinski definition) is 1. The maximum absolute atomic E-state index is 4.02. The Labute approximate surface area is 110 Å². The lowest BCUT2D eigenvalue weighted by molar-refractivity contribution is 0.138. The maximum atomic E-state index is 4.02. The molecule has 0 unspecified atom stereocenters. The number of aromatic nitrogens is 1. The summed E-state index contributed by atoms with van der Waals surface area (Å²) >= 11 is 0. The Morgan fingerprint density at radius 2 is 1.78 bits per heavy atom. The van der Waals surface area contributed by atoms with E-state index < -0.39 is 0 Å². The minimum absolute atomic E-state index is 0.942. The van der Waals surface area contributed by atoms with E-state index in [-0.39, 0.29) is 0 Å². The Hall–Kier alpha value is -0.970. The molecule has 2 heterocycles. The molecule has 100 valence electrons. The van der Waals surface area contributed by atoms with E-state index >= 15 is 0 Å². The molecule has 0 spiro atoms. The van der Waals surface area contributed by atoms with Crippen LogP contribution in [0.3, 0.4) is 0 Å². The van der Waals surface area contributed by atoms with Gasteiger partial charge in [0.2, 0.25) is 0 Å². The molecule has 1 saturated heterocycles. The van der Waals surface area contributed by atoms with E-state index in [2.05, 4.69) is 39.2 Å². The molecule has 0 aliphatic carbocycles. The highest BCUT2D eigenvalue weighted by molar-refractivity contribution is 5.08. The fraction of sp³-hybridized carbons (Fsp3) is 0.643. The minimum Gasteiger partial charge on any atom is -0.311 e. The van der Waals surface area contributed by atoms with Crippen molar-refractivity contribution in [2.24, 2.45) is 0 Å². The van der Waals surface area contributed by atoms with Crippen LogP contribution in [-0.4, -0.2) is 60.6 Å². The Morgan fingerprint density at radius 3 is 2.44 bits per heavy atom. The van der Waals surface area contributed by atoms with E-state index in [1.165, 1.54) is 38.3 Å². The van der Waals surface area contributed by atoms with Gasteiger partial charge in [0.25, 0.3) is 0 Å². The third-order valence-corrected chi connectivity index (χ3v) is 3.60. The third kappa shape index (κ3) is 4.37. The molecule has 4 heteroatoms. The zero-order chi connectivity index (χ0) is 12.6. The third-order valence-electron chi connectivity index (χ3n) is 3.60. The van der Waals surface area contributed by atoms with Crippen molar-refractivity contribution in [1.82, 2.24) is 20.1 Å². The normalized spacial score (nSPS) is 18.1. The smallest absolute Gasteiger partial charge is 0.0271 e. The highest BCUT2D eigenvalue weighted by Crippen LogP contribution is 2.00. The monoisotopic (exact) mass is 248 g/mol. The molecule has 1 fully saturated rings. The first-order chi connectivity index (χ1) is 8.88. The Bertz CT molecular complexity index is 320. The fourth-order valence-corrected chi connectivity index (χ4v) is 2.30. The molecule has 1 aliphatic heterocycles. The lowest BCUT2D eigenvalue weighted by atomic mass is 10.2. The number of pyridine rings is 1. The van der Waals surface area contributed by atoms with Crippen LogP contribution in [-0.2, 0) is 6.54 Å². The average Bonchev–Trinajstić information content (AvgIpc) is 2.45. The summed E-state index contributed by atoms with van der Waals surface area (Å²) in [6.45, 7) is 11.5. The van der Waals surface area contributed by atoms with Crippen molar-refractivity contribution in [1.29, 1.82) is 0 Å². The van der Waals surface area contributed by atoms with Gasteiger partial charge in [-0.3, -0.25) is 9.88 Å². The molecule has 0 atom stereocenters. The van der Waals surface area contributed by atoms with Crippen LogP contribution >= 0.6 is 0 Å². The molecule has 0 bridgehead atoms. The predicted molar refractivity (Wildman–Crippen MR) is 74.5 cm³/mol. The molecule has 0 radical (unpaired) electrons. The largest absolute Gasteiger partial charge is 0.311 e. The molecule has 1 aromatic heterocycles. The number of hydrogen-bond acceptors (Lipinski definition) is 4. The second kappa shape index (κ2) is 7.46. The summed E-state index contributed by atoms with van der Waals surface area (Å²) in [5, 5.41) is 3.49. The molecule has 18 heavy (non-hydrogen) atoms. The lowest BCUT2D eigenvalue weighted by Crippen LogP contribution is -2.47. The molecule has 1 aromatic rings. The molecule has 0 amide bonds. The number of piperazine rings is 1. The van der Waals surface area contributed by atoms with Crippen molar-refractivity contribution in [2.45, 2.75) is 13.5 Å². The summed E-state index contributed by atoms with van der Waals surface area (Å²) in [6.07, 6.45) is 3.70. The van der Waals surface area contributed by atoms with Crippen LogP contribution in [0.25, 0.3) is 0 Å². The summed E-state index contributed by atoms with van der Waals surface area (Å²) in [7, 11) is 0. The number of likely N-dealkylation sites (N-methyl/N-ethyl adjacent to an activating group) is 1. The van der Waals surface area contributed by atoms with Gasteiger partial charge >= 0.3 is 0 Å². The summed E-state index contributed by atoms with van der Waals surface area (Å²) in [4.78, 5) is 9.08. The number of nitrogens with zero attached hydrogens (tertiary/aromatic N) is 3. The molecular weight excluding hydrogens is 224 g/mol. The van der Waals surface area contributed by atoms with Gasteiger partial charge in [-0.05, 0) is 24.2 Å². The highest BCUT2D eigenvalue weighted by atomic mass is 15.3. The van der Waals surface area contributed by atoms with Gasteiger partial charge in [0.05, 0.1) is 0 Å². The van der Waals surface area contributed by atoms with Crippen LogP contribution < -0.4 is 5.32 Å². The summed E-state index contributed by atoms with van der Waals surface area (Å²) in [5.74, 6) is 0. The van der Waals surface area contributed by atoms with Crippen molar-refractivity contribution >= 4 is 0 Å². The summed E-state index contributed by atoms with van der Waals surface area (Å²) in [5.41, 5.74) is 1.31. The minimum atomic E-state index is 0.942. The van der Waals surface area contributed by atoms with Crippen LogP contribution in [0.1, 0.15) is 12.5 Å². The summed E-state index contributed by atoms with van der Waals surface area (Å²) < 4.78 is 0. The predicted octanol–water partition coefficient (Wildman–Crippen LogP) is 0.809. The van der Waals surface area contributed by atoms with Gasteiger partial charge in [-0.1, -0.05) is 6.92 Å². The van der Waals surface area contributed by atoms with Gasteiger partial charge in [0.1, 0.15) is 0 Å². The molecule has 1 N–H and O–H groups in total. The second-order valence-corrected chi connectivity index (χ2v) is 4.81. The lowest BCUT2D eigenvalue weighted by Gasteiger charge is -2.34. The highest BCUT2D eigenvalue weighted by Gasteiger charge is 2.14. The first-order valence-corrected chi connectivity index (χ1v) is 6.93. The SMILES string of the molecule is CCN1CCN(CCNCc2ccncc2)CC1. The second-order valence-electron chi connectivity index (χ2n) is 4.81. The zero-order valence-electron chi connectivity index (χ0n) is 11.3. The standard InChI is InChI=1S/C14H24N4/c1-2-17-9-11-18(12-10-17)8-7-16-13-14-3-5-15-6-4-14/h3-6,16H,2,7-13H2,1H3. The van der Waals surface area contributed by atoms with Crippen molar-refractivity contribution in [3.63, 3.8) is 0 Å². The van der Waals surface area contributed by atoms with Gasteiger partial charge in [-0.2, -0.15) is 0 Å². The van der Waals surface area contributed by atoms with Crippen LogP contribution in [0, 0.1) is 0 Å². The van der Waals surface area contributed by atoms with Crippen LogP contribution in [0.4, 0.5) is 0 Å². The zero-order valence-corrected chi connectivity index (χ0v) is 11.3. The Balaban J connectivity index is 1.56. The molecular formula is C14H24N4. The van der Waals surface area contributed by atoms with Crippen molar-refractivity contribution < 1.29 is 0 Å². The summed E-state index contributed by atoms with van der Waals surface area (Å²) in [6, 6.07) is 4.13. The first-order valence-electron chi connectivity index (χ1n) is 6.93. The van der Waals surface area contributed by atoms with Gasteiger partial charge < -0.3 is 10.2 Å². The Kier molecular flexibility index (Phi) is 5.58.